The highest BCUT2D eigenvalue weighted by Gasteiger charge is 2.27. The van der Waals surface area contributed by atoms with Gasteiger partial charge in [-0.25, -0.2) is 4.79 Å². The Labute approximate surface area is 170 Å². The fraction of sp³-hybridized carbons (Fsp3) is 0.190. The zero-order chi connectivity index (χ0) is 21.1. The number of rotatable bonds is 4. The Bertz CT molecular complexity index is 1170. The summed E-state index contributed by atoms with van der Waals surface area (Å²) < 4.78 is 21.6. The van der Waals surface area contributed by atoms with Crippen LogP contribution in [-0.2, 0) is 9.59 Å². The van der Waals surface area contributed by atoms with Gasteiger partial charge in [-0.15, -0.1) is 0 Å². The van der Waals surface area contributed by atoms with Gasteiger partial charge in [0.1, 0.15) is 17.9 Å². The summed E-state index contributed by atoms with van der Waals surface area (Å²) in [6, 6.07) is 13.3. The number of nitrogens with one attached hydrogen (secondary N) is 2. The molecule has 0 saturated carbocycles. The van der Waals surface area contributed by atoms with Crippen molar-refractivity contribution in [3.63, 3.8) is 0 Å². The molecule has 1 atom stereocenters. The fourth-order valence-corrected chi connectivity index (χ4v) is 2.94. The molecular weight excluding hydrogens is 392 g/mol. The van der Waals surface area contributed by atoms with Gasteiger partial charge in [0.25, 0.3) is 11.8 Å². The number of para-hydroxylation sites is 2. The van der Waals surface area contributed by atoms with E-state index in [9.17, 15) is 14.4 Å². The number of fused-ring (bicyclic) bond motifs is 2. The zero-order valence-corrected chi connectivity index (χ0v) is 16.0. The topological polar surface area (TPSA) is 116 Å². The van der Waals surface area contributed by atoms with Crippen LogP contribution in [0.1, 0.15) is 5.56 Å². The quantitative estimate of drug-likeness (QED) is 0.494. The summed E-state index contributed by atoms with van der Waals surface area (Å²) in [6.07, 6.45) is -0.896. The number of carbonyl (C=O) groups excluding carboxylic acids is 2. The number of hydrazine groups is 1. The van der Waals surface area contributed by atoms with E-state index in [0.29, 0.717) is 22.8 Å². The van der Waals surface area contributed by atoms with Crippen LogP contribution < -0.4 is 30.7 Å². The van der Waals surface area contributed by atoms with Gasteiger partial charge in [-0.2, -0.15) is 0 Å². The average molecular weight is 410 g/mol. The van der Waals surface area contributed by atoms with Crippen molar-refractivity contribution < 1.29 is 28.2 Å². The number of ether oxygens (including phenoxy) is 3. The van der Waals surface area contributed by atoms with Gasteiger partial charge in [-0.3, -0.25) is 20.4 Å². The molecule has 2 amide bonds. The zero-order valence-electron chi connectivity index (χ0n) is 16.0. The number of hydrogen-bond donors (Lipinski definition) is 2. The molecule has 2 heterocycles. The van der Waals surface area contributed by atoms with Crippen LogP contribution in [0.5, 0.6) is 17.2 Å². The summed E-state index contributed by atoms with van der Waals surface area (Å²) in [5.74, 6) is 0.225. The Hall–Kier alpha value is -4.01. The van der Waals surface area contributed by atoms with E-state index < -0.39 is 23.5 Å². The van der Waals surface area contributed by atoms with E-state index in [2.05, 4.69) is 10.9 Å². The monoisotopic (exact) mass is 410 g/mol. The van der Waals surface area contributed by atoms with E-state index in [1.165, 1.54) is 12.1 Å². The number of benzene rings is 2. The Balaban J connectivity index is 1.29. The minimum absolute atomic E-state index is 0.0247. The van der Waals surface area contributed by atoms with Crippen molar-refractivity contribution in [3.8, 4) is 17.2 Å². The molecule has 0 aliphatic carbocycles. The molecule has 0 spiro atoms. The van der Waals surface area contributed by atoms with Crippen molar-refractivity contribution >= 4 is 22.8 Å². The molecule has 0 radical (unpaired) electrons. The maximum atomic E-state index is 12.2. The lowest BCUT2D eigenvalue weighted by Crippen LogP contribution is -2.51. The first kappa shape index (κ1) is 19.3. The van der Waals surface area contributed by atoms with Gasteiger partial charge in [0.2, 0.25) is 6.10 Å². The maximum Gasteiger partial charge on any atom is 0.336 e. The largest absolute Gasteiger partial charge is 0.485 e. The first-order chi connectivity index (χ1) is 14.5. The molecule has 0 bridgehead atoms. The van der Waals surface area contributed by atoms with Crippen molar-refractivity contribution in [2.45, 2.75) is 13.0 Å². The van der Waals surface area contributed by atoms with Crippen LogP contribution in [-0.4, -0.2) is 31.1 Å². The van der Waals surface area contributed by atoms with Crippen molar-refractivity contribution in [1.29, 1.82) is 0 Å². The normalized spacial score (nSPS) is 14.8. The number of aryl methyl sites for hydroxylation is 1. The van der Waals surface area contributed by atoms with Crippen LogP contribution in [0.15, 0.2) is 57.7 Å². The van der Waals surface area contributed by atoms with Crippen molar-refractivity contribution in [3.05, 3.63) is 64.5 Å². The van der Waals surface area contributed by atoms with Gasteiger partial charge in [0.15, 0.2) is 18.1 Å². The van der Waals surface area contributed by atoms with Crippen LogP contribution in [0.4, 0.5) is 0 Å². The molecule has 0 fully saturated rings. The lowest BCUT2D eigenvalue weighted by Gasteiger charge is -2.25. The summed E-state index contributed by atoms with van der Waals surface area (Å²) in [4.78, 5) is 35.7. The third kappa shape index (κ3) is 4.19. The second-order valence-electron chi connectivity index (χ2n) is 6.60. The predicted octanol–water partition coefficient (Wildman–Crippen LogP) is 1.47. The first-order valence-electron chi connectivity index (χ1n) is 9.14. The summed E-state index contributed by atoms with van der Waals surface area (Å²) >= 11 is 0. The minimum Gasteiger partial charge on any atom is -0.485 e. The van der Waals surface area contributed by atoms with Crippen LogP contribution in [0, 0.1) is 6.92 Å². The van der Waals surface area contributed by atoms with E-state index in [4.69, 9.17) is 18.6 Å². The molecule has 154 valence electrons. The first-order valence-corrected chi connectivity index (χ1v) is 9.14. The Morgan fingerprint density at radius 1 is 1.10 bits per heavy atom. The molecule has 2 aromatic carbocycles. The third-order valence-electron chi connectivity index (χ3n) is 4.42. The summed E-state index contributed by atoms with van der Waals surface area (Å²) in [7, 11) is 0. The molecule has 0 unspecified atom stereocenters. The van der Waals surface area contributed by atoms with Crippen LogP contribution in [0.3, 0.4) is 0 Å². The lowest BCUT2D eigenvalue weighted by atomic mass is 10.1. The molecule has 1 aliphatic heterocycles. The summed E-state index contributed by atoms with van der Waals surface area (Å²) in [5, 5.41) is 0.773. The molecule has 2 N–H and O–H groups in total. The van der Waals surface area contributed by atoms with E-state index in [1.54, 1.807) is 43.3 Å². The van der Waals surface area contributed by atoms with E-state index in [1.807, 2.05) is 0 Å². The Kier molecular flexibility index (Phi) is 5.25. The van der Waals surface area contributed by atoms with Crippen LogP contribution >= 0.6 is 0 Å². The molecule has 1 aliphatic rings. The summed E-state index contributed by atoms with van der Waals surface area (Å²) in [6.45, 7) is 1.47. The van der Waals surface area contributed by atoms with Gasteiger partial charge >= 0.3 is 5.63 Å². The molecule has 1 aromatic heterocycles. The van der Waals surface area contributed by atoms with Gasteiger partial charge in [-0.05, 0) is 36.8 Å². The van der Waals surface area contributed by atoms with Crippen molar-refractivity contribution in [2.75, 3.05) is 13.2 Å². The lowest BCUT2D eigenvalue weighted by molar-refractivity contribution is -0.135. The van der Waals surface area contributed by atoms with Crippen molar-refractivity contribution in [2.24, 2.45) is 0 Å². The standard InChI is InChI=1S/C21H18N2O7/c1-12-8-20(25)30-17-9-13(6-7-14(12)17)27-11-19(24)22-23-21(26)18-10-28-15-4-2-3-5-16(15)29-18/h2-9,18H,10-11H2,1H3,(H,22,24)(H,23,26)/t18-/m0/s1. The maximum absolute atomic E-state index is 12.2. The van der Waals surface area contributed by atoms with Crippen LogP contribution in [0.2, 0.25) is 0 Å². The van der Waals surface area contributed by atoms with Crippen LogP contribution in [0.25, 0.3) is 11.0 Å². The van der Waals surface area contributed by atoms with Gasteiger partial charge in [0, 0.05) is 17.5 Å². The fourth-order valence-electron chi connectivity index (χ4n) is 2.94. The number of amides is 2. The van der Waals surface area contributed by atoms with Crippen molar-refractivity contribution in [1.82, 2.24) is 10.9 Å². The molecule has 9 nitrogen and oxygen atoms in total. The van der Waals surface area contributed by atoms with E-state index in [0.717, 1.165) is 10.9 Å². The number of hydrogen-bond acceptors (Lipinski definition) is 7. The third-order valence-corrected chi connectivity index (χ3v) is 4.42. The smallest absolute Gasteiger partial charge is 0.336 e. The average Bonchev–Trinajstić information content (AvgIpc) is 2.75. The van der Waals surface area contributed by atoms with Gasteiger partial charge in [0.05, 0.1) is 0 Å². The highest BCUT2D eigenvalue weighted by molar-refractivity contribution is 5.86. The Morgan fingerprint density at radius 3 is 2.73 bits per heavy atom. The molecular formula is C21H18N2O7. The molecule has 0 saturated heterocycles. The SMILES string of the molecule is Cc1cc(=O)oc2cc(OCC(=O)NNC(=O)[C@@H]3COc4ccccc4O3)ccc12. The minimum atomic E-state index is -0.896. The van der Waals surface area contributed by atoms with Gasteiger partial charge < -0.3 is 18.6 Å². The highest BCUT2D eigenvalue weighted by atomic mass is 16.6. The molecule has 9 heteroatoms. The second kappa shape index (κ2) is 8.16. The molecule has 30 heavy (non-hydrogen) atoms. The van der Waals surface area contributed by atoms with E-state index >= 15 is 0 Å². The second-order valence-corrected chi connectivity index (χ2v) is 6.60. The van der Waals surface area contributed by atoms with E-state index in [-0.39, 0.29) is 13.2 Å². The highest BCUT2D eigenvalue weighted by Crippen LogP contribution is 2.30. The molecule has 3 aromatic rings. The van der Waals surface area contributed by atoms with Gasteiger partial charge in [-0.1, -0.05) is 12.1 Å². The number of carbonyl (C=O) groups is 2. The predicted molar refractivity (Wildman–Crippen MR) is 105 cm³/mol. The Morgan fingerprint density at radius 2 is 1.90 bits per heavy atom. The summed E-state index contributed by atoms with van der Waals surface area (Å²) in [5.41, 5.74) is 5.22. The molecule has 4 rings (SSSR count).